The lowest BCUT2D eigenvalue weighted by atomic mass is 9.92. The van der Waals surface area contributed by atoms with E-state index in [2.05, 4.69) is 0 Å². The molecular formula is C14H21NO3S. The quantitative estimate of drug-likeness (QED) is 0.862. The number of ether oxygens (including phenoxy) is 1. The molecule has 2 atom stereocenters. The average molecular weight is 283 g/mol. The molecule has 0 saturated carbocycles. The van der Waals surface area contributed by atoms with E-state index in [1.807, 2.05) is 38.3 Å². The van der Waals surface area contributed by atoms with Gasteiger partial charge in [0.05, 0.1) is 12.6 Å². The van der Waals surface area contributed by atoms with Crippen LogP contribution in [0.3, 0.4) is 0 Å². The molecule has 0 bridgehead atoms. The van der Waals surface area contributed by atoms with Gasteiger partial charge in [0.2, 0.25) is 0 Å². The molecule has 0 aliphatic carbocycles. The van der Waals surface area contributed by atoms with Gasteiger partial charge in [-0.2, -0.15) is 0 Å². The summed E-state index contributed by atoms with van der Waals surface area (Å²) in [5.41, 5.74) is -0.493. The van der Waals surface area contributed by atoms with Crippen LogP contribution < -0.4 is 0 Å². The van der Waals surface area contributed by atoms with Crippen molar-refractivity contribution < 1.29 is 14.6 Å². The minimum Gasteiger partial charge on any atom is -0.444 e. The van der Waals surface area contributed by atoms with Gasteiger partial charge in [-0.15, -0.1) is 11.3 Å². The van der Waals surface area contributed by atoms with E-state index in [4.69, 9.17) is 4.74 Å². The van der Waals surface area contributed by atoms with Crippen molar-refractivity contribution in [1.82, 2.24) is 4.90 Å². The molecule has 2 unspecified atom stereocenters. The average Bonchev–Trinajstić information content (AvgIpc) is 2.79. The van der Waals surface area contributed by atoms with Crippen molar-refractivity contribution in [2.75, 3.05) is 13.1 Å². The molecule has 1 aliphatic rings. The summed E-state index contributed by atoms with van der Waals surface area (Å²) in [6, 6.07) is 4.04. The van der Waals surface area contributed by atoms with Crippen LogP contribution in [0.5, 0.6) is 0 Å². The van der Waals surface area contributed by atoms with Crippen LogP contribution in [0.15, 0.2) is 17.5 Å². The number of carbonyl (C=O) groups is 1. The lowest BCUT2D eigenvalue weighted by molar-refractivity contribution is -0.00119. The molecule has 1 aromatic heterocycles. The van der Waals surface area contributed by atoms with Crippen LogP contribution in [0, 0.1) is 0 Å². The molecule has 1 aliphatic heterocycles. The Labute approximate surface area is 118 Å². The number of aliphatic hydroxyl groups is 1. The monoisotopic (exact) mass is 283 g/mol. The largest absolute Gasteiger partial charge is 0.444 e. The third-order valence-corrected chi connectivity index (χ3v) is 4.15. The highest BCUT2D eigenvalue weighted by Gasteiger charge is 2.33. The van der Waals surface area contributed by atoms with Crippen molar-refractivity contribution in [2.45, 2.75) is 44.8 Å². The van der Waals surface area contributed by atoms with Crippen molar-refractivity contribution in [2.24, 2.45) is 0 Å². The topological polar surface area (TPSA) is 49.8 Å². The fourth-order valence-electron chi connectivity index (χ4n) is 2.26. The van der Waals surface area contributed by atoms with E-state index in [1.165, 1.54) is 4.88 Å². The van der Waals surface area contributed by atoms with E-state index in [-0.39, 0.29) is 12.0 Å². The van der Waals surface area contributed by atoms with E-state index in [0.717, 1.165) is 6.42 Å². The molecule has 106 valence electrons. The maximum absolute atomic E-state index is 11.9. The van der Waals surface area contributed by atoms with Gasteiger partial charge in [-0.1, -0.05) is 6.07 Å². The Bertz CT molecular complexity index is 424. The smallest absolute Gasteiger partial charge is 0.410 e. The number of carbonyl (C=O) groups excluding carboxylic acids is 1. The van der Waals surface area contributed by atoms with Gasteiger partial charge in [0.1, 0.15) is 5.60 Å². The van der Waals surface area contributed by atoms with Crippen molar-refractivity contribution in [3.8, 4) is 0 Å². The first-order valence-corrected chi connectivity index (χ1v) is 7.44. The molecule has 1 aromatic rings. The van der Waals surface area contributed by atoms with Gasteiger partial charge in [0.15, 0.2) is 0 Å². The summed E-state index contributed by atoms with van der Waals surface area (Å²) in [6.45, 7) is 6.52. The predicted octanol–water partition coefficient (Wildman–Crippen LogP) is 2.83. The summed E-state index contributed by atoms with van der Waals surface area (Å²) in [5, 5.41) is 12.2. The number of hydrogen-bond donors (Lipinski definition) is 1. The minimum absolute atomic E-state index is 0.138. The highest BCUT2D eigenvalue weighted by Crippen LogP contribution is 2.31. The molecule has 1 amide bonds. The van der Waals surface area contributed by atoms with E-state index < -0.39 is 11.7 Å². The van der Waals surface area contributed by atoms with Crippen LogP contribution in [0.1, 0.15) is 38.0 Å². The van der Waals surface area contributed by atoms with Gasteiger partial charge >= 0.3 is 6.09 Å². The molecule has 1 fully saturated rings. The second-order valence-corrected chi connectivity index (χ2v) is 6.88. The van der Waals surface area contributed by atoms with E-state index in [0.29, 0.717) is 13.1 Å². The molecule has 0 radical (unpaired) electrons. The highest BCUT2D eigenvalue weighted by atomic mass is 32.1. The molecule has 2 rings (SSSR count). The molecule has 4 nitrogen and oxygen atoms in total. The number of aliphatic hydroxyl groups excluding tert-OH is 1. The summed E-state index contributed by atoms with van der Waals surface area (Å²) in [7, 11) is 0. The fraction of sp³-hybridized carbons (Fsp3) is 0.643. The van der Waals surface area contributed by atoms with E-state index >= 15 is 0 Å². The third-order valence-electron chi connectivity index (χ3n) is 3.14. The zero-order chi connectivity index (χ0) is 14.0. The number of β-amino-alcohol motifs (C(OH)–C–C–N with tert-alkyl or cyclic N) is 1. The van der Waals surface area contributed by atoms with Gasteiger partial charge < -0.3 is 14.7 Å². The first-order chi connectivity index (χ1) is 8.87. The number of piperidine rings is 1. The Morgan fingerprint density at radius 3 is 2.79 bits per heavy atom. The number of nitrogens with zero attached hydrogens (tertiary/aromatic N) is 1. The Kier molecular flexibility index (Phi) is 4.16. The van der Waals surface area contributed by atoms with Crippen molar-refractivity contribution in [3.63, 3.8) is 0 Å². The zero-order valence-corrected chi connectivity index (χ0v) is 12.4. The lowest BCUT2D eigenvalue weighted by Gasteiger charge is -2.36. The lowest BCUT2D eigenvalue weighted by Crippen LogP contribution is -2.47. The molecule has 1 N–H and O–H groups in total. The molecular weight excluding hydrogens is 262 g/mol. The van der Waals surface area contributed by atoms with Crippen molar-refractivity contribution >= 4 is 17.4 Å². The summed E-state index contributed by atoms with van der Waals surface area (Å²) >= 11 is 1.66. The summed E-state index contributed by atoms with van der Waals surface area (Å²) in [4.78, 5) is 14.7. The molecule has 0 aromatic carbocycles. The molecule has 19 heavy (non-hydrogen) atoms. The number of likely N-dealkylation sites (tertiary alicyclic amines) is 1. The molecule has 2 heterocycles. The summed E-state index contributed by atoms with van der Waals surface area (Å²) in [6.07, 6.45) is -0.0721. The van der Waals surface area contributed by atoms with Gasteiger partial charge in [0, 0.05) is 17.3 Å². The van der Waals surface area contributed by atoms with Crippen LogP contribution in [0.25, 0.3) is 0 Å². The SMILES string of the molecule is CC(C)(C)OC(=O)N1CCC(c2cccs2)C(O)C1. The number of amides is 1. The minimum atomic E-state index is -0.514. The van der Waals surface area contributed by atoms with Gasteiger partial charge in [0.25, 0.3) is 0 Å². The number of thiophene rings is 1. The maximum atomic E-state index is 11.9. The molecule has 5 heteroatoms. The fourth-order valence-corrected chi connectivity index (χ4v) is 3.18. The van der Waals surface area contributed by atoms with Crippen molar-refractivity contribution in [3.05, 3.63) is 22.4 Å². The van der Waals surface area contributed by atoms with Gasteiger partial charge in [-0.05, 0) is 38.6 Å². The van der Waals surface area contributed by atoms with Crippen LogP contribution in [-0.4, -0.2) is 40.9 Å². The Hall–Kier alpha value is -1.07. The second kappa shape index (κ2) is 5.51. The molecule has 0 spiro atoms. The van der Waals surface area contributed by atoms with E-state index in [1.54, 1.807) is 16.2 Å². The first kappa shape index (κ1) is 14.3. The second-order valence-electron chi connectivity index (χ2n) is 5.90. The third kappa shape index (κ3) is 3.70. The first-order valence-electron chi connectivity index (χ1n) is 6.56. The summed E-state index contributed by atoms with van der Waals surface area (Å²) < 4.78 is 5.33. The maximum Gasteiger partial charge on any atom is 0.410 e. The molecule has 1 saturated heterocycles. The number of rotatable bonds is 1. The van der Waals surface area contributed by atoms with Gasteiger partial charge in [-0.25, -0.2) is 4.79 Å². The van der Waals surface area contributed by atoms with Crippen LogP contribution in [0.2, 0.25) is 0 Å². The zero-order valence-electron chi connectivity index (χ0n) is 11.6. The summed E-state index contributed by atoms with van der Waals surface area (Å²) in [5.74, 6) is 0.138. The Morgan fingerprint density at radius 2 is 2.26 bits per heavy atom. The Morgan fingerprint density at radius 1 is 1.53 bits per heavy atom. The van der Waals surface area contributed by atoms with Crippen LogP contribution in [0.4, 0.5) is 4.79 Å². The predicted molar refractivity (Wildman–Crippen MR) is 75.5 cm³/mol. The van der Waals surface area contributed by atoms with Crippen LogP contribution in [-0.2, 0) is 4.74 Å². The van der Waals surface area contributed by atoms with Crippen molar-refractivity contribution in [1.29, 1.82) is 0 Å². The standard InChI is InChI=1S/C14H21NO3S/c1-14(2,3)18-13(17)15-7-6-10(11(16)9-15)12-5-4-8-19-12/h4-5,8,10-11,16H,6-7,9H2,1-3H3. The van der Waals surface area contributed by atoms with E-state index in [9.17, 15) is 9.90 Å². The van der Waals surface area contributed by atoms with Crippen LogP contribution >= 0.6 is 11.3 Å². The normalized spacial score (nSPS) is 24.3. The number of hydrogen-bond acceptors (Lipinski definition) is 4. The highest BCUT2D eigenvalue weighted by molar-refractivity contribution is 7.10. The Balaban J connectivity index is 1.95. The van der Waals surface area contributed by atoms with Gasteiger partial charge in [-0.3, -0.25) is 0 Å².